The molecule has 1 aromatic heterocycles. The number of rotatable bonds is 6. The van der Waals surface area contributed by atoms with Crippen LogP contribution in [-0.2, 0) is 17.8 Å². The van der Waals surface area contributed by atoms with Crippen molar-refractivity contribution in [3.05, 3.63) is 105 Å². The van der Waals surface area contributed by atoms with E-state index in [1.807, 2.05) is 54.6 Å². The van der Waals surface area contributed by atoms with Crippen LogP contribution in [0.3, 0.4) is 0 Å². The van der Waals surface area contributed by atoms with Gasteiger partial charge < -0.3 is 4.90 Å². The monoisotopic (exact) mass is 513 g/mol. The molecule has 170 valence electrons. The van der Waals surface area contributed by atoms with Crippen molar-refractivity contribution in [3.63, 3.8) is 0 Å². The van der Waals surface area contributed by atoms with E-state index in [9.17, 15) is 9.59 Å². The Morgan fingerprint density at radius 3 is 2.50 bits per heavy atom. The third-order valence-electron chi connectivity index (χ3n) is 6.09. The fraction of sp³-hybridized carbons (Fsp3) is 0.179. The first kappa shape index (κ1) is 22.3. The minimum Gasteiger partial charge on any atom is -0.308 e. The van der Waals surface area contributed by atoms with Crippen molar-refractivity contribution in [1.29, 1.82) is 0 Å². The Morgan fingerprint density at radius 1 is 0.941 bits per heavy atom. The molecular formula is C28H24BrN3O2. The van der Waals surface area contributed by atoms with Gasteiger partial charge >= 0.3 is 0 Å². The minimum absolute atomic E-state index is 0.0630. The molecule has 0 fully saturated rings. The fourth-order valence-electron chi connectivity index (χ4n) is 4.44. The number of anilines is 1. The Bertz CT molecular complexity index is 1470. The zero-order chi connectivity index (χ0) is 23.7. The summed E-state index contributed by atoms with van der Waals surface area (Å²) in [6.07, 6.45) is 3.32. The summed E-state index contributed by atoms with van der Waals surface area (Å²) in [5.74, 6) is 0.430. The predicted octanol–water partition coefficient (Wildman–Crippen LogP) is 5.70. The number of hydrogen-bond acceptors (Lipinski definition) is 3. The first-order valence-corrected chi connectivity index (χ1v) is 12.2. The van der Waals surface area contributed by atoms with Gasteiger partial charge in [-0.2, -0.15) is 0 Å². The van der Waals surface area contributed by atoms with Crippen LogP contribution >= 0.6 is 15.9 Å². The highest BCUT2D eigenvalue weighted by atomic mass is 79.9. The molecule has 0 aliphatic carbocycles. The van der Waals surface area contributed by atoms with Crippen LogP contribution in [0.2, 0.25) is 0 Å². The van der Waals surface area contributed by atoms with E-state index in [1.165, 1.54) is 0 Å². The molecule has 3 aromatic carbocycles. The average Bonchev–Trinajstić information content (AvgIpc) is 3.10. The van der Waals surface area contributed by atoms with Gasteiger partial charge in [0.05, 0.1) is 22.2 Å². The van der Waals surface area contributed by atoms with Gasteiger partial charge in [-0.25, -0.2) is 4.98 Å². The van der Waals surface area contributed by atoms with E-state index in [1.54, 1.807) is 21.6 Å². The largest absolute Gasteiger partial charge is 0.308 e. The lowest BCUT2D eigenvalue weighted by Crippen LogP contribution is -2.27. The predicted molar refractivity (Wildman–Crippen MR) is 141 cm³/mol. The quantitative estimate of drug-likeness (QED) is 0.311. The summed E-state index contributed by atoms with van der Waals surface area (Å²) in [4.78, 5) is 33.5. The van der Waals surface area contributed by atoms with Crippen molar-refractivity contribution in [1.82, 2.24) is 9.55 Å². The van der Waals surface area contributed by atoms with Gasteiger partial charge in [0.2, 0.25) is 0 Å². The summed E-state index contributed by atoms with van der Waals surface area (Å²) in [5, 5.41) is 0.575. The number of aryl methyl sites for hydroxylation is 1. The van der Waals surface area contributed by atoms with Gasteiger partial charge in [-0.1, -0.05) is 65.3 Å². The molecule has 4 aromatic rings. The number of hydrogen-bond donors (Lipinski definition) is 0. The van der Waals surface area contributed by atoms with Crippen molar-refractivity contribution >= 4 is 50.1 Å². The molecule has 5 nitrogen and oxygen atoms in total. The summed E-state index contributed by atoms with van der Waals surface area (Å²) in [6.45, 7) is 3.16. The summed E-state index contributed by atoms with van der Waals surface area (Å²) >= 11 is 3.54. The van der Waals surface area contributed by atoms with Gasteiger partial charge in [-0.15, -0.1) is 0 Å². The van der Waals surface area contributed by atoms with Gasteiger partial charge in [0.25, 0.3) is 11.5 Å². The minimum atomic E-state index is -0.0984. The maximum absolute atomic E-state index is 13.5. The number of para-hydroxylation sites is 1. The van der Waals surface area contributed by atoms with E-state index < -0.39 is 0 Å². The second kappa shape index (κ2) is 9.39. The Hall–Kier alpha value is -3.51. The van der Waals surface area contributed by atoms with E-state index in [4.69, 9.17) is 4.98 Å². The van der Waals surface area contributed by atoms with E-state index in [2.05, 4.69) is 35.0 Å². The summed E-state index contributed by atoms with van der Waals surface area (Å²) in [5.41, 5.74) is 3.96. The molecule has 1 amide bonds. The van der Waals surface area contributed by atoms with Gasteiger partial charge in [0, 0.05) is 23.1 Å². The van der Waals surface area contributed by atoms with Crippen LogP contribution in [-0.4, -0.2) is 22.0 Å². The van der Waals surface area contributed by atoms with Gasteiger partial charge in [-0.3, -0.25) is 14.2 Å². The topological polar surface area (TPSA) is 55.2 Å². The normalized spacial score (nSPS) is 14.2. The first-order valence-electron chi connectivity index (χ1n) is 11.4. The van der Waals surface area contributed by atoms with E-state index in [-0.39, 0.29) is 11.5 Å². The van der Waals surface area contributed by atoms with E-state index >= 15 is 0 Å². The number of nitrogens with zero attached hydrogens (tertiary/aromatic N) is 3. The standard InChI is InChI=1S/C28H24BrN3O2/c1-2-15-31-25-13-12-20(29)17-22(25)23(28(31)34)18-26-30-24-11-7-6-10-21(24)27(33)32(26)16-14-19-8-4-3-5-9-19/h3-13,17-18H,2,14-16H2,1H3. The van der Waals surface area contributed by atoms with E-state index in [0.717, 1.165) is 27.7 Å². The number of fused-ring (bicyclic) bond motifs is 2. The van der Waals surface area contributed by atoms with Crippen molar-refractivity contribution in [3.8, 4) is 0 Å². The van der Waals surface area contributed by atoms with E-state index in [0.29, 0.717) is 41.8 Å². The van der Waals surface area contributed by atoms with Crippen LogP contribution in [0.5, 0.6) is 0 Å². The highest BCUT2D eigenvalue weighted by Gasteiger charge is 2.32. The maximum Gasteiger partial charge on any atom is 0.261 e. The molecule has 0 atom stereocenters. The second-order valence-electron chi connectivity index (χ2n) is 8.36. The third-order valence-corrected chi connectivity index (χ3v) is 6.59. The third kappa shape index (κ3) is 4.10. The lowest BCUT2D eigenvalue weighted by Gasteiger charge is -2.15. The SMILES string of the molecule is CCCN1C(=O)C(=Cc2nc3ccccc3c(=O)n2CCc2ccccc2)c2cc(Br)ccc21. The number of halogens is 1. The highest BCUT2D eigenvalue weighted by molar-refractivity contribution is 9.10. The van der Waals surface area contributed by atoms with Crippen LogP contribution < -0.4 is 10.5 Å². The molecule has 0 unspecified atom stereocenters. The lowest BCUT2D eigenvalue weighted by atomic mass is 10.1. The molecule has 0 N–H and O–H groups in total. The van der Waals surface area contributed by atoms with Crippen molar-refractivity contribution in [2.75, 3.05) is 11.4 Å². The van der Waals surface area contributed by atoms with Crippen molar-refractivity contribution < 1.29 is 4.79 Å². The fourth-order valence-corrected chi connectivity index (χ4v) is 4.80. The first-order chi connectivity index (χ1) is 16.6. The number of carbonyl (C=O) groups is 1. The molecule has 0 spiro atoms. The Balaban J connectivity index is 1.66. The zero-order valence-electron chi connectivity index (χ0n) is 18.9. The zero-order valence-corrected chi connectivity index (χ0v) is 20.5. The molecule has 0 saturated heterocycles. The molecule has 0 bridgehead atoms. The van der Waals surface area contributed by atoms with Gasteiger partial charge in [-0.05, 0) is 54.8 Å². The Labute approximate surface area is 206 Å². The van der Waals surface area contributed by atoms with Crippen LogP contribution in [0, 0.1) is 0 Å². The van der Waals surface area contributed by atoms with Crippen LogP contribution in [0.25, 0.3) is 22.6 Å². The van der Waals surface area contributed by atoms with Crippen LogP contribution in [0.4, 0.5) is 5.69 Å². The molecular weight excluding hydrogens is 490 g/mol. The van der Waals surface area contributed by atoms with Gasteiger partial charge in [0.1, 0.15) is 5.82 Å². The second-order valence-corrected chi connectivity index (χ2v) is 9.27. The average molecular weight is 514 g/mol. The maximum atomic E-state index is 13.5. The summed E-state index contributed by atoms with van der Waals surface area (Å²) < 4.78 is 2.59. The van der Waals surface area contributed by atoms with Crippen LogP contribution in [0.15, 0.2) is 82.1 Å². The van der Waals surface area contributed by atoms with Gasteiger partial charge in [0.15, 0.2) is 0 Å². The molecule has 0 radical (unpaired) electrons. The molecule has 34 heavy (non-hydrogen) atoms. The van der Waals surface area contributed by atoms with Crippen molar-refractivity contribution in [2.24, 2.45) is 0 Å². The number of benzene rings is 3. The molecule has 1 aliphatic rings. The highest BCUT2D eigenvalue weighted by Crippen LogP contribution is 2.39. The number of amides is 1. The number of aromatic nitrogens is 2. The molecule has 0 saturated carbocycles. The van der Waals surface area contributed by atoms with Crippen LogP contribution in [0.1, 0.15) is 30.3 Å². The number of carbonyl (C=O) groups excluding carboxylic acids is 1. The molecule has 1 aliphatic heterocycles. The molecule has 2 heterocycles. The Morgan fingerprint density at radius 2 is 1.71 bits per heavy atom. The van der Waals surface area contributed by atoms with Crippen molar-refractivity contribution in [2.45, 2.75) is 26.3 Å². The molecule has 5 rings (SSSR count). The Kier molecular flexibility index (Phi) is 6.16. The smallest absolute Gasteiger partial charge is 0.261 e. The summed E-state index contributed by atoms with van der Waals surface area (Å²) in [7, 11) is 0. The molecule has 6 heteroatoms. The summed E-state index contributed by atoms with van der Waals surface area (Å²) in [6, 6.07) is 23.3. The lowest BCUT2D eigenvalue weighted by molar-refractivity contribution is -0.113.